The van der Waals surface area contributed by atoms with Crippen molar-refractivity contribution < 1.29 is 4.74 Å². The first-order valence-electron chi connectivity index (χ1n) is 10.4. The molecule has 162 valence electrons. The topological polar surface area (TPSA) is 81.9 Å². The van der Waals surface area contributed by atoms with Crippen LogP contribution in [0, 0.1) is 0 Å². The molecule has 0 atom stereocenters. The van der Waals surface area contributed by atoms with Crippen LogP contribution in [-0.4, -0.2) is 26.9 Å². The Bertz CT molecular complexity index is 1250. The van der Waals surface area contributed by atoms with Crippen LogP contribution in [0.15, 0.2) is 77.7 Å². The van der Waals surface area contributed by atoms with Gasteiger partial charge in [0.25, 0.3) is 5.56 Å². The van der Waals surface area contributed by atoms with Crippen molar-refractivity contribution in [1.29, 1.82) is 0 Å². The summed E-state index contributed by atoms with van der Waals surface area (Å²) in [4.78, 5) is 21.7. The number of methoxy groups -OCH3 is 1. The van der Waals surface area contributed by atoms with Crippen LogP contribution < -0.4 is 15.6 Å². The molecule has 4 aromatic rings. The van der Waals surface area contributed by atoms with E-state index in [1.54, 1.807) is 19.4 Å². The first-order valence-corrected chi connectivity index (χ1v) is 10.4. The number of benzene rings is 2. The smallest absolute Gasteiger partial charge is 0.267 e. The molecule has 0 aliphatic rings. The molecule has 1 N–H and O–H groups in total. The first-order chi connectivity index (χ1) is 15.5. The van der Waals surface area contributed by atoms with E-state index < -0.39 is 0 Å². The quantitative estimate of drug-likeness (QED) is 0.465. The molecule has 32 heavy (non-hydrogen) atoms. The molecule has 2 aromatic heterocycles. The summed E-state index contributed by atoms with van der Waals surface area (Å²) in [5.74, 6) is 1.44. The number of ether oxygens (including phenoxy) is 1. The molecule has 2 heterocycles. The minimum absolute atomic E-state index is 0.0630. The first kappa shape index (κ1) is 21.2. The van der Waals surface area contributed by atoms with Crippen molar-refractivity contribution in [2.24, 2.45) is 0 Å². The zero-order chi connectivity index (χ0) is 22.5. The molecule has 0 saturated heterocycles. The van der Waals surface area contributed by atoms with Crippen molar-refractivity contribution in [3.8, 4) is 28.4 Å². The van der Waals surface area contributed by atoms with Crippen LogP contribution in [0.2, 0.25) is 0 Å². The van der Waals surface area contributed by atoms with E-state index in [4.69, 9.17) is 9.72 Å². The number of hydrogen-bond donors (Lipinski definition) is 1. The van der Waals surface area contributed by atoms with Crippen molar-refractivity contribution in [2.75, 3.05) is 12.4 Å². The third-order valence-electron chi connectivity index (χ3n) is 5.01. The summed E-state index contributed by atoms with van der Waals surface area (Å²) in [5.41, 5.74) is 3.80. The predicted octanol–water partition coefficient (Wildman–Crippen LogP) is 4.57. The lowest BCUT2D eigenvalue weighted by Gasteiger charge is -2.14. The summed E-state index contributed by atoms with van der Waals surface area (Å²) >= 11 is 0. The van der Waals surface area contributed by atoms with Gasteiger partial charge in [0.15, 0.2) is 0 Å². The Labute approximate surface area is 186 Å². The summed E-state index contributed by atoms with van der Waals surface area (Å²) < 4.78 is 6.67. The normalized spacial score (nSPS) is 10.9. The van der Waals surface area contributed by atoms with E-state index in [1.807, 2.05) is 68.4 Å². The van der Waals surface area contributed by atoms with Gasteiger partial charge < -0.3 is 10.1 Å². The van der Waals surface area contributed by atoms with Gasteiger partial charge in [-0.3, -0.25) is 9.78 Å². The number of nitrogens with one attached hydrogen (secondary N) is 1. The zero-order valence-electron chi connectivity index (χ0n) is 18.3. The lowest BCUT2D eigenvalue weighted by atomic mass is 10.1. The molecule has 0 radical (unpaired) electrons. The third kappa shape index (κ3) is 4.67. The highest BCUT2D eigenvalue weighted by atomic mass is 16.5. The Kier molecular flexibility index (Phi) is 6.26. The fourth-order valence-electron chi connectivity index (χ4n) is 3.32. The SMILES string of the molecule is COc1ccc(CNc2cnc(-c3ccccc3)c(-c3ccc(=O)n(C(C)C)n3)n2)cc1. The summed E-state index contributed by atoms with van der Waals surface area (Å²) in [6.07, 6.45) is 1.72. The highest BCUT2D eigenvalue weighted by molar-refractivity contribution is 5.76. The maximum absolute atomic E-state index is 12.2. The Morgan fingerprint density at radius 2 is 1.72 bits per heavy atom. The summed E-state index contributed by atoms with van der Waals surface area (Å²) in [7, 11) is 1.65. The van der Waals surface area contributed by atoms with Crippen LogP contribution >= 0.6 is 0 Å². The second kappa shape index (κ2) is 9.43. The van der Waals surface area contributed by atoms with Gasteiger partial charge in [-0.1, -0.05) is 42.5 Å². The molecule has 4 rings (SSSR count). The van der Waals surface area contributed by atoms with E-state index in [2.05, 4.69) is 15.4 Å². The van der Waals surface area contributed by atoms with Crippen LogP contribution in [0.3, 0.4) is 0 Å². The Morgan fingerprint density at radius 1 is 0.969 bits per heavy atom. The van der Waals surface area contributed by atoms with Crippen LogP contribution in [0.1, 0.15) is 25.5 Å². The van der Waals surface area contributed by atoms with Crippen molar-refractivity contribution in [3.05, 3.63) is 88.8 Å². The highest BCUT2D eigenvalue weighted by Crippen LogP contribution is 2.28. The zero-order valence-corrected chi connectivity index (χ0v) is 18.3. The van der Waals surface area contributed by atoms with E-state index >= 15 is 0 Å². The number of nitrogens with zero attached hydrogens (tertiary/aromatic N) is 4. The second-order valence-corrected chi connectivity index (χ2v) is 7.62. The van der Waals surface area contributed by atoms with Crippen LogP contribution in [0.5, 0.6) is 5.75 Å². The molecule has 0 amide bonds. The largest absolute Gasteiger partial charge is 0.497 e. The lowest BCUT2D eigenvalue weighted by molar-refractivity contribution is 0.414. The Hall–Kier alpha value is -4.00. The minimum atomic E-state index is -0.147. The molecule has 0 fully saturated rings. The molecular weight excluding hydrogens is 402 g/mol. The number of rotatable bonds is 7. The van der Waals surface area contributed by atoms with E-state index in [-0.39, 0.29) is 11.6 Å². The number of anilines is 1. The van der Waals surface area contributed by atoms with Gasteiger partial charge in [0.2, 0.25) is 0 Å². The molecule has 0 saturated carbocycles. The molecule has 0 spiro atoms. The highest BCUT2D eigenvalue weighted by Gasteiger charge is 2.15. The second-order valence-electron chi connectivity index (χ2n) is 7.62. The van der Waals surface area contributed by atoms with Gasteiger partial charge >= 0.3 is 0 Å². The average molecular weight is 428 g/mol. The van der Waals surface area contributed by atoms with Crippen LogP contribution in [0.25, 0.3) is 22.6 Å². The fourth-order valence-corrected chi connectivity index (χ4v) is 3.32. The monoisotopic (exact) mass is 427 g/mol. The molecular formula is C25H25N5O2. The van der Waals surface area contributed by atoms with Gasteiger partial charge in [-0.05, 0) is 37.6 Å². The maximum atomic E-state index is 12.2. The summed E-state index contributed by atoms with van der Waals surface area (Å²) in [6, 6.07) is 20.8. The summed E-state index contributed by atoms with van der Waals surface area (Å²) in [6.45, 7) is 4.44. The number of aromatic nitrogens is 4. The van der Waals surface area contributed by atoms with Gasteiger partial charge in [-0.2, -0.15) is 5.10 Å². The molecule has 0 unspecified atom stereocenters. The van der Waals surface area contributed by atoms with Crippen molar-refractivity contribution >= 4 is 5.82 Å². The van der Waals surface area contributed by atoms with Gasteiger partial charge in [0.1, 0.15) is 23.0 Å². The minimum Gasteiger partial charge on any atom is -0.497 e. The predicted molar refractivity (Wildman–Crippen MR) is 126 cm³/mol. The maximum Gasteiger partial charge on any atom is 0.267 e. The van der Waals surface area contributed by atoms with Gasteiger partial charge in [0, 0.05) is 18.2 Å². The van der Waals surface area contributed by atoms with Gasteiger partial charge in [-0.15, -0.1) is 0 Å². The molecule has 7 heteroatoms. The third-order valence-corrected chi connectivity index (χ3v) is 5.01. The molecule has 0 aliphatic carbocycles. The standard InChI is InChI=1S/C25H25N5O2/c1-17(2)30-23(31)14-13-21(29-30)25-24(19-7-5-4-6-8-19)27-16-22(28-25)26-15-18-9-11-20(32-3)12-10-18/h4-14,16-17H,15H2,1-3H3,(H,26,28). The Balaban J connectivity index is 1.72. The van der Waals surface area contributed by atoms with Crippen LogP contribution in [0.4, 0.5) is 5.82 Å². The van der Waals surface area contributed by atoms with Gasteiger partial charge in [0.05, 0.1) is 25.0 Å². The van der Waals surface area contributed by atoms with Crippen LogP contribution in [-0.2, 0) is 6.54 Å². The molecule has 0 aliphatic heterocycles. The number of hydrogen-bond acceptors (Lipinski definition) is 6. The van der Waals surface area contributed by atoms with Crippen molar-refractivity contribution in [3.63, 3.8) is 0 Å². The van der Waals surface area contributed by atoms with E-state index in [0.29, 0.717) is 29.4 Å². The fraction of sp³-hybridized carbons (Fsp3) is 0.200. The molecule has 7 nitrogen and oxygen atoms in total. The van der Waals surface area contributed by atoms with Gasteiger partial charge in [-0.25, -0.2) is 9.67 Å². The Morgan fingerprint density at radius 3 is 2.41 bits per heavy atom. The van der Waals surface area contributed by atoms with E-state index in [1.165, 1.54) is 10.7 Å². The van der Waals surface area contributed by atoms with Crippen molar-refractivity contribution in [2.45, 2.75) is 26.4 Å². The molecule has 2 aromatic carbocycles. The summed E-state index contributed by atoms with van der Waals surface area (Å²) in [5, 5.41) is 7.89. The average Bonchev–Trinajstić information content (AvgIpc) is 2.83. The lowest BCUT2D eigenvalue weighted by Crippen LogP contribution is -2.24. The van der Waals surface area contributed by atoms with E-state index in [0.717, 1.165) is 16.9 Å². The van der Waals surface area contributed by atoms with Crippen molar-refractivity contribution in [1.82, 2.24) is 19.7 Å². The molecule has 0 bridgehead atoms. The van der Waals surface area contributed by atoms with E-state index in [9.17, 15) is 4.79 Å².